The van der Waals surface area contributed by atoms with Gasteiger partial charge in [0, 0.05) is 11.7 Å². The van der Waals surface area contributed by atoms with Crippen LogP contribution in [-0.4, -0.2) is 12.2 Å². The van der Waals surface area contributed by atoms with Crippen molar-refractivity contribution in [1.29, 1.82) is 0 Å². The predicted octanol–water partition coefficient (Wildman–Crippen LogP) is 6.16. The topological polar surface area (TPSA) is 6.48 Å². The summed E-state index contributed by atoms with van der Waals surface area (Å²) >= 11 is 0. The molecule has 0 radical (unpaired) electrons. The third kappa shape index (κ3) is 2.68. The van der Waals surface area contributed by atoms with Crippen molar-refractivity contribution in [1.82, 2.24) is 0 Å². The standard InChI is InChI=1S/C22H30N2/c1-15(2)18-11-7-8-12-19(18)24-21-14-10-9-13-20(21)23(17(5)6)22(24)16(3)4/h7-17,22H,1-6H3. The van der Waals surface area contributed by atoms with Crippen molar-refractivity contribution in [2.75, 3.05) is 9.80 Å². The Bertz CT molecular complexity index is 703. The van der Waals surface area contributed by atoms with Gasteiger partial charge < -0.3 is 9.80 Å². The van der Waals surface area contributed by atoms with Gasteiger partial charge in [0.2, 0.25) is 0 Å². The third-order valence-electron chi connectivity index (χ3n) is 4.94. The molecule has 2 aromatic rings. The lowest BCUT2D eigenvalue weighted by Gasteiger charge is -2.39. The second-order valence-corrected chi connectivity index (χ2v) is 7.73. The van der Waals surface area contributed by atoms with Gasteiger partial charge in [0.1, 0.15) is 6.17 Å². The second-order valence-electron chi connectivity index (χ2n) is 7.73. The molecule has 24 heavy (non-hydrogen) atoms. The van der Waals surface area contributed by atoms with Crippen molar-refractivity contribution >= 4 is 17.1 Å². The molecule has 0 aromatic heterocycles. The molecule has 0 saturated heterocycles. The maximum Gasteiger partial charge on any atom is 0.109 e. The zero-order valence-electron chi connectivity index (χ0n) is 15.8. The highest BCUT2D eigenvalue weighted by molar-refractivity contribution is 5.85. The Morgan fingerprint density at radius 2 is 1.25 bits per heavy atom. The van der Waals surface area contributed by atoms with Crippen LogP contribution in [-0.2, 0) is 0 Å². The number of nitrogens with zero attached hydrogens (tertiary/aromatic N) is 2. The van der Waals surface area contributed by atoms with Crippen LogP contribution in [0, 0.1) is 5.92 Å². The molecule has 2 aromatic carbocycles. The molecule has 0 bridgehead atoms. The van der Waals surface area contributed by atoms with Gasteiger partial charge in [-0.05, 0) is 49.4 Å². The summed E-state index contributed by atoms with van der Waals surface area (Å²) in [5.41, 5.74) is 5.45. The second kappa shape index (κ2) is 6.51. The lowest BCUT2D eigenvalue weighted by atomic mass is 9.99. The van der Waals surface area contributed by atoms with E-state index in [1.165, 1.54) is 22.6 Å². The van der Waals surface area contributed by atoms with E-state index in [9.17, 15) is 0 Å². The van der Waals surface area contributed by atoms with Gasteiger partial charge in [-0.3, -0.25) is 0 Å². The van der Waals surface area contributed by atoms with E-state index in [-0.39, 0.29) is 0 Å². The molecular weight excluding hydrogens is 292 g/mol. The van der Waals surface area contributed by atoms with Gasteiger partial charge in [-0.15, -0.1) is 0 Å². The quantitative estimate of drug-likeness (QED) is 0.665. The summed E-state index contributed by atoms with van der Waals surface area (Å²) in [6.45, 7) is 13.8. The van der Waals surface area contributed by atoms with Gasteiger partial charge in [-0.2, -0.15) is 0 Å². The highest BCUT2D eigenvalue weighted by atomic mass is 15.4. The summed E-state index contributed by atoms with van der Waals surface area (Å²) in [5.74, 6) is 1.04. The molecule has 1 heterocycles. The molecule has 2 nitrogen and oxygen atoms in total. The van der Waals surface area contributed by atoms with E-state index >= 15 is 0 Å². The number of para-hydroxylation sites is 3. The summed E-state index contributed by atoms with van der Waals surface area (Å²) < 4.78 is 0. The Morgan fingerprint density at radius 3 is 1.79 bits per heavy atom. The fourth-order valence-electron chi connectivity index (χ4n) is 3.97. The van der Waals surface area contributed by atoms with Crippen molar-refractivity contribution in [3.63, 3.8) is 0 Å². The van der Waals surface area contributed by atoms with Crippen LogP contribution in [0.1, 0.15) is 53.0 Å². The number of benzene rings is 2. The predicted molar refractivity (Wildman–Crippen MR) is 105 cm³/mol. The van der Waals surface area contributed by atoms with E-state index in [1.54, 1.807) is 0 Å². The van der Waals surface area contributed by atoms with E-state index in [1.807, 2.05) is 0 Å². The van der Waals surface area contributed by atoms with E-state index in [0.717, 1.165) is 0 Å². The molecule has 3 rings (SSSR count). The van der Waals surface area contributed by atoms with Crippen LogP contribution in [0.15, 0.2) is 48.5 Å². The van der Waals surface area contributed by atoms with E-state index in [2.05, 4.69) is 99.9 Å². The average Bonchev–Trinajstić information content (AvgIpc) is 2.90. The zero-order chi connectivity index (χ0) is 17.4. The first kappa shape index (κ1) is 16.9. The maximum atomic E-state index is 2.58. The van der Waals surface area contributed by atoms with Crippen LogP contribution in [0.2, 0.25) is 0 Å². The minimum atomic E-state index is 0.349. The normalized spacial score (nSPS) is 17.3. The van der Waals surface area contributed by atoms with Gasteiger partial charge in [-0.25, -0.2) is 0 Å². The van der Waals surface area contributed by atoms with Gasteiger partial charge in [-0.1, -0.05) is 58.0 Å². The van der Waals surface area contributed by atoms with Crippen LogP contribution in [0.5, 0.6) is 0 Å². The first-order valence-corrected chi connectivity index (χ1v) is 9.19. The van der Waals surface area contributed by atoms with Crippen molar-refractivity contribution in [2.45, 2.75) is 59.7 Å². The Hall–Kier alpha value is -1.96. The first-order chi connectivity index (χ1) is 11.4. The number of anilines is 3. The summed E-state index contributed by atoms with van der Waals surface area (Å²) in [4.78, 5) is 5.15. The molecule has 2 heteroatoms. The van der Waals surface area contributed by atoms with Crippen molar-refractivity contribution < 1.29 is 0 Å². The molecule has 1 unspecified atom stereocenters. The smallest absolute Gasteiger partial charge is 0.109 e. The molecule has 1 atom stereocenters. The van der Waals surface area contributed by atoms with Crippen molar-refractivity contribution in [3.8, 4) is 0 Å². The Balaban J connectivity index is 2.22. The highest BCUT2D eigenvalue weighted by Crippen LogP contribution is 2.48. The molecule has 0 aliphatic carbocycles. The van der Waals surface area contributed by atoms with Gasteiger partial charge in [0.25, 0.3) is 0 Å². The van der Waals surface area contributed by atoms with E-state index < -0.39 is 0 Å². The Morgan fingerprint density at radius 1 is 0.708 bits per heavy atom. The fourth-order valence-corrected chi connectivity index (χ4v) is 3.97. The zero-order valence-corrected chi connectivity index (χ0v) is 15.8. The van der Waals surface area contributed by atoms with Crippen molar-refractivity contribution in [3.05, 3.63) is 54.1 Å². The van der Waals surface area contributed by atoms with Gasteiger partial charge in [0.05, 0.1) is 11.4 Å². The van der Waals surface area contributed by atoms with Crippen LogP contribution in [0.4, 0.5) is 17.1 Å². The molecule has 0 saturated carbocycles. The fraction of sp³-hybridized carbons (Fsp3) is 0.455. The minimum absolute atomic E-state index is 0.349. The Labute approximate surface area is 147 Å². The first-order valence-electron chi connectivity index (χ1n) is 9.19. The van der Waals surface area contributed by atoms with Crippen LogP contribution < -0.4 is 9.80 Å². The molecule has 1 aliphatic rings. The molecule has 128 valence electrons. The Kier molecular flexibility index (Phi) is 4.58. The van der Waals surface area contributed by atoms with E-state index in [4.69, 9.17) is 0 Å². The van der Waals surface area contributed by atoms with Gasteiger partial charge in [0.15, 0.2) is 0 Å². The molecular formula is C22H30N2. The number of rotatable bonds is 4. The number of fused-ring (bicyclic) bond motifs is 1. The third-order valence-corrected chi connectivity index (χ3v) is 4.94. The molecule has 0 N–H and O–H groups in total. The minimum Gasteiger partial charge on any atom is -0.346 e. The van der Waals surface area contributed by atoms with Crippen LogP contribution >= 0.6 is 0 Å². The molecule has 1 aliphatic heterocycles. The van der Waals surface area contributed by atoms with Crippen LogP contribution in [0.25, 0.3) is 0 Å². The summed E-state index contributed by atoms with van der Waals surface area (Å²) in [6.07, 6.45) is 0.349. The monoisotopic (exact) mass is 322 g/mol. The lowest BCUT2D eigenvalue weighted by Crippen LogP contribution is -2.48. The van der Waals surface area contributed by atoms with Gasteiger partial charge >= 0.3 is 0 Å². The van der Waals surface area contributed by atoms with Crippen molar-refractivity contribution in [2.24, 2.45) is 5.92 Å². The largest absolute Gasteiger partial charge is 0.346 e. The maximum absolute atomic E-state index is 2.58. The SMILES string of the molecule is CC(C)c1ccccc1N1c2ccccc2N(C(C)C)C1C(C)C. The number of hydrogen-bond donors (Lipinski definition) is 0. The highest BCUT2D eigenvalue weighted by Gasteiger charge is 2.40. The lowest BCUT2D eigenvalue weighted by molar-refractivity contribution is 0.451. The van der Waals surface area contributed by atoms with E-state index in [0.29, 0.717) is 24.0 Å². The molecule has 0 spiro atoms. The molecule has 0 amide bonds. The average molecular weight is 322 g/mol. The van der Waals surface area contributed by atoms with Crippen LogP contribution in [0.3, 0.4) is 0 Å². The summed E-state index contributed by atoms with van der Waals surface area (Å²) in [6, 6.07) is 18.2. The molecule has 0 fully saturated rings. The summed E-state index contributed by atoms with van der Waals surface area (Å²) in [7, 11) is 0. The number of hydrogen-bond acceptors (Lipinski definition) is 2. The summed E-state index contributed by atoms with van der Waals surface area (Å²) in [5, 5.41) is 0.